The standard InChI is InChI=1S/C19H35N5/c1-6-24(7-2)14-8-9-17(4)23-19(20-5)21-13-12-18-11-10-16(3)22-15-18/h10-11,15,17H,6-9,12-14H2,1-5H3,(H2,20,21,23). The molecule has 0 aromatic carbocycles. The Morgan fingerprint density at radius 2 is 2.04 bits per heavy atom. The van der Waals surface area contributed by atoms with Gasteiger partial charge in [0.1, 0.15) is 0 Å². The van der Waals surface area contributed by atoms with Crippen LogP contribution >= 0.6 is 0 Å². The molecule has 1 unspecified atom stereocenters. The van der Waals surface area contributed by atoms with Crippen molar-refractivity contribution in [1.29, 1.82) is 0 Å². The molecule has 0 saturated heterocycles. The van der Waals surface area contributed by atoms with E-state index in [-0.39, 0.29) is 0 Å². The molecule has 0 bridgehead atoms. The van der Waals surface area contributed by atoms with E-state index in [1.54, 1.807) is 0 Å². The van der Waals surface area contributed by atoms with E-state index in [0.717, 1.165) is 44.1 Å². The van der Waals surface area contributed by atoms with Crippen molar-refractivity contribution in [2.75, 3.05) is 33.2 Å². The second kappa shape index (κ2) is 11.8. The number of nitrogens with one attached hydrogen (secondary N) is 2. The molecular formula is C19H35N5. The molecule has 1 aromatic heterocycles. The lowest BCUT2D eigenvalue weighted by Crippen LogP contribution is -2.43. The first kappa shape index (κ1) is 20.4. The Balaban J connectivity index is 2.24. The number of pyridine rings is 1. The van der Waals surface area contributed by atoms with Gasteiger partial charge in [-0.1, -0.05) is 19.9 Å². The minimum Gasteiger partial charge on any atom is -0.356 e. The lowest BCUT2D eigenvalue weighted by molar-refractivity contribution is 0.292. The number of guanidine groups is 1. The molecule has 0 aliphatic carbocycles. The summed E-state index contributed by atoms with van der Waals surface area (Å²) in [6, 6.07) is 4.61. The number of aliphatic imine (C=N–C) groups is 1. The molecule has 0 fully saturated rings. The van der Waals surface area contributed by atoms with Crippen LogP contribution < -0.4 is 10.6 Å². The monoisotopic (exact) mass is 333 g/mol. The van der Waals surface area contributed by atoms with Crippen LogP contribution in [0.4, 0.5) is 0 Å². The number of rotatable bonds is 10. The molecule has 0 radical (unpaired) electrons. The topological polar surface area (TPSA) is 52.5 Å². The fourth-order valence-electron chi connectivity index (χ4n) is 2.63. The van der Waals surface area contributed by atoms with E-state index in [0.29, 0.717) is 6.04 Å². The van der Waals surface area contributed by atoms with Crippen LogP contribution in [0.3, 0.4) is 0 Å². The van der Waals surface area contributed by atoms with Gasteiger partial charge < -0.3 is 15.5 Å². The minimum absolute atomic E-state index is 0.424. The zero-order valence-corrected chi connectivity index (χ0v) is 16.1. The second-order valence-electron chi connectivity index (χ2n) is 6.27. The summed E-state index contributed by atoms with van der Waals surface area (Å²) in [5, 5.41) is 6.86. The number of hydrogen-bond acceptors (Lipinski definition) is 3. The van der Waals surface area contributed by atoms with Gasteiger partial charge in [-0.15, -0.1) is 0 Å². The van der Waals surface area contributed by atoms with Crippen LogP contribution in [0.15, 0.2) is 23.3 Å². The van der Waals surface area contributed by atoms with Crippen LogP contribution in [-0.4, -0.2) is 55.1 Å². The highest BCUT2D eigenvalue weighted by Crippen LogP contribution is 2.01. The molecule has 24 heavy (non-hydrogen) atoms. The van der Waals surface area contributed by atoms with Gasteiger partial charge in [0, 0.05) is 31.5 Å². The first-order valence-corrected chi connectivity index (χ1v) is 9.20. The first-order valence-electron chi connectivity index (χ1n) is 9.20. The Morgan fingerprint density at radius 1 is 1.29 bits per heavy atom. The van der Waals surface area contributed by atoms with Crippen LogP contribution in [0.25, 0.3) is 0 Å². The number of aryl methyl sites for hydroxylation is 1. The lowest BCUT2D eigenvalue weighted by atomic mass is 10.2. The number of nitrogens with zero attached hydrogens (tertiary/aromatic N) is 3. The highest BCUT2D eigenvalue weighted by atomic mass is 15.2. The van der Waals surface area contributed by atoms with E-state index in [9.17, 15) is 0 Å². The van der Waals surface area contributed by atoms with Crippen molar-refractivity contribution in [3.8, 4) is 0 Å². The third kappa shape index (κ3) is 8.29. The number of hydrogen-bond donors (Lipinski definition) is 2. The van der Waals surface area contributed by atoms with Crippen LogP contribution in [0.1, 0.15) is 44.9 Å². The fourth-order valence-corrected chi connectivity index (χ4v) is 2.63. The zero-order valence-electron chi connectivity index (χ0n) is 16.1. The Morgan fingerprint density at radius 3 is 2.62 bits per heavy atom. The van der Waals surface area contributed by atoms with E-state index in [1.807, 2.05) is 20.2 Å². The third-order valence-electron chi connectivity index (χ3n) is 4.29. The average molecular weight is 334 g/mol. The van der Waals surface area contributed by atoms with E-state index in [1.165, 1.54) is 18.5 Å². The molecule has 0 amide bonds. The van der Waals surface area contributed by atoms with Gasteiger partial charge in [-0.05, 0) is 64.4 Å². The normalized spacial score (nSPS) is 13.2. The van der Waals surface area contributed by atoms with Crippen LogP contribution in [0.5, 0.6) is 0 Å². The molecule has 1 heterocycles. The van der Waals surface area contributed by atoms with Gasteiger partial charge in [0.05, 0.1) is 0 Å². The van der Waals surface area contributed by atoms with Crippen LogP contribution in [0.2, 0.25) is 0 Å². The van der Waals surface area contributed by atoms with Gasteiger partial charge >= 0.3 is 0 Å². The maximum atomic E-state index is 4.33. The minimum atomic E-state index is 0.424. The summed E-state index contributed by atoms with van der Waals surface area (Å²) < 4.78 is 0. The van der Waals surface area contributed by atoms with Crippen molar-refractivity contribution in [2.24, 2.45) is 4.99 Å². The van der Waals surface area contributed by atoms with Crippen molar-refractivity contribution in [1.82, 2.24) is 20.5 Å². The molecule has 0 aliphatic rings. The van der Waals surface area contributed by atoms with Crippen LogP contribution in [-0.2, 0) is 6.42 Å². The van der Waals surface area contributed by atoms with E-state index in [2.05, 4.69) is 58.4 Å². The van der Waals surface area contributed by atoms with Crippen molar-refractivity contribution in [2.45, 2.75) is 53.0 Å². The smallest absolute Gasteiger partial charge is 0.191 e. The SMILES string of the molecule is CCN(CC)CCCC(C)NC(=NC)NCCc1ccc(C)nc1. The van der Waals surface area contributed by atoms with Crippen LogP contribution in [0, 0.1) is 6.92 Å². The highest BCUT2D eigenvalue weighted by Gasteiger charge is 2.06. The zero-order chi connectivity index (χ0) is 17.8. The molecule has 1 rings (SSSR count). The summed E-state index contributed by atoms with van der Waals surface area (Å²) in [6.45, 7) is 13.0. The van der Waals surface area contributed by atoms with Gasteiger partial charge in [-0.3, -0.25) is 9.98 Å². The summed E-state index contributed by atoms with van der Waals surface area (Å²) in [5.41, 5.74) is 2.30. The first-order chi connectivity index (χ1) is 11.6. The molecule has 1 atom stereocenters. The maximum absolute atomic E-state index is 4.33. The predicted octanol–water partition coefficient (Wildman–Crippen LogP) is 2.61. The molecule has 2 N–H and O–H groups in total. The number of aromatic nitrogens is 1. The largest absolute Gasteiger partial charge is 0.356 e. The second-order valence-corrected chi connectivity index (χ2v) is 6.27. The van der Waals surface area contributed by atoms with Crippen molar-refractivity contribution in [3.63, 3.8) is 0 Å². The Labute approximate surface area is 148 Å². The summed E-state index contributed by atoms with van der Waals surface area (Å²) in [5.74, 6) is 0.880. The predicted molar refractivity (Wildman–Crippen MR) is 104 cm³/mol. The van der Waals surface area contributed by atoms with E-state index < -0.39 is 0 Å². The Kier molecular flexibility index (Phi) is 10.1. The Hall–Kier alpha value is -1.62. The van der Waals surface area contributed by atoms with Gasteiger partial charge in [-0.2, -0.15) is 0 Å². The van der Waals surface area contributed by atoms with E-state index >= 15 is 0 Å². The maximum Gasteiger partial charge on any atom is 0.191 e. The van der Waals surface area contributed by atoms with Gasteiger partial charge in [0.2, 0.25) is 0 Å². The van der Waals surface area contributed by atoms with Crippen molar-refractivity contribution < 1.29 is 0 Å². The molecule has 136 valence electrons. The highest BCUT2D eigenvalue weighted by molar-refractivity contribution is 5.79. The van der Waals surface area contributed by atoms with Crippen molar-refractivity contribution >= 4 is 5.96 Å². The molecule has 0 spiro atoms. The van der Waals surface area contributed by atoms with Gasteiger partial charge in [-0.25, -0.2) is 0 Å². The molecule has 5 nitrogen and oxygen atoms in total. The fraction of sp³-hybridized carbons (Fsp3) is 0.684. The third-order valence-corrected chi connectivity index (χ3v) is 4.29. The molecule has 0 aliphatic heterocycles. The molecular weight excluding hydrogens is 298 g/mol. The van der Waals surface area contributed by atoms with Crippen molar-refractivity contribution in [3.05, 3.63) is 29.6 Å². The molecule has 5 heteroatoms. The van der Waals surface area contributed by atoms with E-state index in [4.69, 9.17) is 0 Å². The lowest BCUT2D eigenvalue weighted by Gasteiger charge is -2.21. The molecule has 1 aromatic rings. The summed E-state index contributed by atoms with van der Waals surface area (Å²) >= 11 is 0. The summed E-state index contributed by atoms with van der Waals surface area (Å²) in [7, 11) is 1.82. The quantitative estimate of drug-likeness (QED) is 0.510. The summed E-state index contributed by atoms with van der Waals surface area (Å²) in [6.07, 6.45) is 5.26. The van der Waals surface area contributed by atoms with Gasteiger partial charge in [0.15, 0.2) is 5.96 Å². The summed E-state index contributed by atoms with van der Waals surface area (Å²) in [4.78, 5) is 11.1. The van der Waals surface area contributed by atoms with Gasteiger partial charge in [0.25, 0.3) is 0 Å². The average Bonchev–Trinajstić information content (AvgIpc) is 2.59. The molecule has 0 saturated carbocycles. The Bertz CT molecular complexity index is 465.